The summed E-state index contributed by atoms with van der Waals surface area (Å²) in [6.07, 6.45) is 13.9. The number of amides is 1. The summed E-state index contributed by atoms with van der Waals surface area (Å²) < 4.78 is 5.08. The summed E-state index contributed by atoms with van der Waals surface area (Å²) in [5.41, 5.74) is 1.50. The lowest BCUT2D eigenvalue weighted by Gasteiger charge is -2.27. The lowest BCUT2D eigenvalue weighted by atomic mass is 9.78. The lowest BCUT2D eigenvalue weighted by Crippen LogP contribution is -2.36. The molecule has 1 saturated carbocycles. The van der Waals surface area contributed by atoms with Crippen molar-refractivity contribution in [1.29, 1.82) is 0 Å². The van der Waals surface area contributed by atoms with Gasteiger partial charge in [0.15, 0.2) is 0 Å². The fraction of sp³-hybridized carbons (Fsp3) is 0.708. The van der Waals surface area contributed by atoms with Crippen LogP contribution in [0.2, 0.25) is 0 Å². The van der Waals surface area contributed by atoms with Gasteiger partial charge in [-0.3, -0.25) is 9.59 Å². The van der Waals surface area contributed by atoms with E-state index in [0.717, 1.165) is 55.4 Å². The molecule has 2 atom stereocenters. The highest BCUT2D eigenvalue weighted by molar-refractivity contribution is 7.17. The number of carboxylic acids is 1. The molecule has 0 unspecified atom stereocenters. The molecule has 0 bridgehead atoms. The van der Waals surface area contributed by atoms with Gasteiger partial charge in [0.25, 0.3) is 0 Å². The van der Waals surface area contributed by atoms with E-state index in [1.54, 1.807) is 0 Å². The Labute approximate surface area is 188 Å². The predicted molar refractivity (Wildman–Crippen MR) is 122 cm³/mol. The smallest absolute Gasteiger partial charge is 0.341 e. The second-order valence-corrected chi connectivity index (χ2v) is 9.96. The van der Waals surface area contributed by atoms with Crippen LogP contribution < -0.4 is 5.32 Å². The molecule has 6 nitrogen and oxygen atoms in total. The van der Waals surface area contributed by atoms with Crippen LogP contribution in [0.1, 0.15) is 97.8 Å². The van der Waals surface area contributed by atoms with Crippen molar-refractivity contribution in [3.05, 3.63) is 16.0 Å². The molecule has 2 aliphatic carbocycles. The number of carboxylic acid groups (broad SMARTS) is 1. The number of esters is 1. The molecule has 7 heteroatoms. The molecule has 0 radical (unpaired) electrons. The Balaban J connectivity index is 1.87. The van der Waals surface area contributed by atoms with E-state index in [1.165, 1.54) is 50.6 Å². The maximum atomic E-state index is 13.1. The van der Waals surface area contributed by atoms with Crippen molar-refractivity contribution >= 4 is 34.2 Å². The van der Waals surface area contributed by atoms with Gasteiger partial charge in [-0.05, 0) is 44.1 Å². The molecule has 0 saturated heterocycles. The van der Waals surface area contributed by atoms with E-state index in [4.69, 9.17) is 4.74 Å². The van der Waals surface area contributed by atoms with Gasteiger partial charge in [0.05, 0.1) is 24.5 Å². The molecule has 1 fully saturated rings. The third-order valence-corrected chi connectivity index (χ3v) is 7.92. The van der Waals surface area contributed by atoms with Gasteiger partial charge in [-0.25, -0.2) is 4.79 Å². The van der Waals surface area contributed by atoms with Crippen molar-refractivity contribution in [2.45, 2.75) is 89.9 Å². The molecule has 0 aromatic carbocycles. The molecule has 1 heterocycles. The summed E-state index contributed by atoms with van der Waals surface area (Å²) in [6, 6.07) is 0. The quantitative estimate of drug-likeness (QED) is 0.585. The highest BCUT2D eigenvalue weighted by atomic mass is 32.1. The summed E-state index contributed by atoms with van der Waals surface area (Å²) in [5.74, 6) is -2.82. The Kier molecular flexibility index (Phi) is 8.93. The van der Waals surface area contributed by atoms with Crippen LogP contribution in [0.4, 0.5) is 5.00 Å². The van der Waals surface area contributed by atoms with Crippen LogP contribution in [0, 0.1) is 11.8 Å². The van der Waals surface area contributed by atoms with Crippen molar-refractivity contribution in [3.8, 4) is 0 Å². The summed E-state index contributed by atoms with van der Waals surface area (Å²) in [6.45, 7) is 0. The molecular formula is C24H35NO5S. The molecule has 1 aromatic rings. The number of nitrogens with one attached hydrogen (secondary N) is 1. The number of carbonyl (C=O) groups is 3. The number of fused-ring (bicyclic) bond motifs is 1. The van der Waals surface area contributed by atoms with E-state index >= 15 is 0 Å². The number of rotatable bonds is 4. The maximum Gasteiger partial charge on any atom is 0.341 e. The van der Waals surface area contributed by atoms with Crippen LogP contribution in [0.25, 0.3) is 0 Å². The van der Waals surface area contributed by atoms with Gasteiger partial charge in [0.2, 0.25) is 5.91 Å². The number of aliphatic carboxylic acids is 1. The van der Waals surface area contributed by atoms with Crippen molar-refractivity contribution < 1.29 is 24.2 Å². The number of hydrogen-bond donors (Lipinski definition) is 2. The molecular weight excluding hydrogens is 414 g/mol. The molecule has 172 valence electrons. The topological polar surface area (TPSA) is 92.7 Å². The first-order chi connectivity index (χ1) is 15.0. The molecule has 2 aliphatic rings. The highest BCUT2D eigenvalue weighted by Crippen LogP contribution is 2.38. The van der Waals surface area contributed by atoms with Gasteiger partial charge in [-0.1, -0.05) is 51.4 Å². The summed E-state index contributed by atoms with van der Waals surface area (Å²) >= 11 is 1.48. The monoisotopic (exact) mass is 449 g/mol. The van der Waals surface area contributed by atoms with Crippen LogP contribution in [0.3, 0.4) is 0 Å². The lowest BCUT2D eigenvalue weighted by molar-refractivity contribution is -0.147. The van der Waals surface area contributed by atoms with Gasteiger partial charge < -0.3 is 15.2 Å². The minimum atomic E-state index is -0.911. The van der Waals surface area contributed by atoms with Crippen molar-refractivity contribution in [2.24, 2.45) is 11.8 Å². The highest BCUT2D eigenvalue weighted by Gasteiger charge is 2.36. The number of carbonyl (C=O) groups excluding carboxylic acids is 2. The third-order valence-electron chi connectivity index (χ3n) is 6.72. The largest absolute Gasteiger partial charge is 0.481 e. The standard InChI is InChI=1S/C24H35NO5S/c1-30-24(29)20-18-14-8-6-4-2-3-5-7-9-15-19(18)31-22(20)25-21(26)16-12-10-11-13-17(16)23(27)28/h16-17H,2-15H2,1H3,(H,25,26)(H,27,28)/t16-,17+/m1/s1. The molecule has 3 rings (SSSR count). The molecule has 31 heavy (non-hydrogen) atoms. The first-order valence-corrected chi connectivity index (χ1v) is 12.6. The van der Waals surface area contributed by atoms with E-state index in [0.29, 0.717) is 23.4 Å². The summed E-state index contributed by atoms with van der Waals surface area (Å²) in [5, 5.41) is 13.0. The number of hydrogen-bond acceptors (Lipinski definition) is 5. The van der Waals surface area contributed by atoms with E-state index in [9.17, 15) is 19.5 Å². The van der Waals surface area contributed by atoms with Gasteiger partial charge >= 0.3 is 11.9 Å². The first-order valence-electron chi connectivity index (χ1n) is 11.8. The average Bonchev–Trinajstić information content (AvgIpc) is 3.09. The van der Waals surface area contributed by atoms with Gasteiger partial charge in [0.1, 0.15) is 5.00 Å². The second kappa shape index (κ2) is 11.7. The molecule has 0 spiro atoms. The molecule has 0 aliphatic heterocycles. The number of ether oxygens (including phenoxy) is 1. The zero-order chi connectivity index (χ0) is 22.2. The zero-order valence-electron chi connectivity index (χ0n) is 18.5. The van der Waals surface area contributed by atoms with Crippen LogP contribution in [0.5, 0.6) is 0 Å². The normalized spacial score (nSPS) is 23.0. The number of thiophene rings is 1. The second-order valence-electron chi connectivity index (χ2n) is 8.85. The summed E-state index contributed by atoms with van der Waals surface area (Å²) in [7, 11) is 1.37. The van der Waals surface area contributed by atoms with Crippen molar-refractivity contribution in [2.75, 3.05) is 12.4 Å². The third kappa shape index (κ3) is 6.09. The van der Waals surface area contributed by atoms with Crippen molar-refractivity contribution in [3.63, 3.8) is 0 Å². The zero-order valence-corrected chi connectivity index (χ0v) is 19.4. The molecule has 1 amide bonds. The Hall–Kier alpha value is -1.89. The van der Waals surface area contributed by atoms with Gasteiger partial charge in [-0.2, -0.15) is 0 Å². The summed E-state index contributed by atoms with van der Waals surface area (Å²) in [4.78, 5) is 38.6. The first kappa shape index (κ1) is 23.8. The van der Waals surface area contributed by atoms with E-state index < -0.39 is 23.8 Å². The van der Waals surface area contributed by atoms with Crippen LogP contribution >= 0.6 is 11.3 Å². The molecule has 2 N–H and O–H groups in total. The van der Waals surface area contributed by atoms with E-state index in [1.807, 2.05) is 0 Å². The fourth-order valence-electron chi connectivity index (χ4n) is 4.98. The average molecular weight is 450 g/mol. The van der Waals surface area contributed by atoms with Gasteiger partial charge in [0, 0.05) is 4.88 Å². The van der Waals surface area contributed by atoms with Crippen molar-refractivity contribution in [1.82, 2.24) is 0 Å². The van der Waals surface area contributed by atoms with E-state index in [2.05, 4.69) is 5.32 Å². The van der Waals surface area contributed by atoms with Crippen LogP contribution in [-0.4, -0.2) is 30.1 Å². The Morgan fingerprint density at radius 1 is 0.871 bits per heavy atom. The van der Waals surface area contributed by atoms with E-state index in [-0.39, 0.29) is 5.91 Å². The SMILES string of the molecule is COC(=O)c1c(NC(=O)[C@@H]2CCCC[C@@H]2C(=O)O)sc2c1CCCCCCCCCC2. The fourth-order valence-corrected chi connectivity index (χ4v) is 6.26. The predicted octanol–water partition coefficient (Wildman–Crippen LogP) is 5.58. The number of methoxy groups -OCH3 is 1. The number of anilines is 1. The van der Waals surface area contributed by atoms with Gasteiger partial charge in [-0.15, -0.1) is 11.3 Å². The van der Waals surface area contributed by atoms with Crippen LogP contribution in [-0.2, 0) is 27.2 Å². The Morgan fingerprint density at radius 3 is 2.06 bits per heavy atom. The molecule has 1 aromatic heterocycles. The maximum absolute atomic E-state index is 13.1. The number of aryl methyl sites for hydroxylation is 1. The minimum absolute atomic E-state index is 0.283. The Bertz CT molecular complexity index is 787. The van der Waals surface area contributed by atoms with Crippen LogP contribution in [0.15, 0.2) is 0 Å². The minimum Gasteiger partial charge on any atom is -0.481 e. The Morgan fingerprint density at radius 2 is 1.45 bits per heavy atom.